The lowest BCUT2D eigenvalue weighted by molar-refractivity contribution is 0.0519. The minimum atomic E-state index is -0.481. The topological polar surface area (TPSA) is 143 Å². The summed E-state index contributed by atoms with van der Waals surface area (Å²) >= 11 is 3.36. The maximum atomic E-state index is 12.1. The van der Waals surface area contributed by atoms with Crippen LogP contribution in [0.4, 0.5) is 23.5 Å². The lowest BCUT2D eigenvalue weighted by Gasteiger charge is -2.14. The number of amides is 1. The smallest absolute Gasteiger partial charge is 0.251 e. The number of aromatic nitrogens is 3. The lowest BCUT2D eigenvalue weighted by atomic mass is 10.1. The first-order chi connectivity index (χ1) is 19.5. The van der Waals surface area contributed by atoms with Crippen molar-refractivity contribution >= 4 is 45.4 Å². The number of carbonyl (C=O) groups is 1. The highest BCUT2D eigenvalue weighted by atomic mass is 79.9. The summed E-state index contributed by atoms with van der Waals surface area (Å²) in [7, 11) is 0. The van der Waals surface area contributed by atoms with Gasteiger partial charge in [-0.2, -0.15) is 15.0 Å². The zero-order valence-electron chi connectivity index (χ0n) is 21.8. The number of nitrogens with zero attached hydrogens (tertiary/aromatic N) is 3. The molecular formula is C28H32BrN7O4. The third-order valence-electron chi connectivity index (χ3n) is 5.52. The first kappa shape index (κ1) is 29.2. The minimum absolute atomic E-state index is 0.142. The van der Waals surface area contributed by atoms with Crippen LogP contribution in [0.15, 0.2) is 83.0 Å². The number of carbonyl (C=O) groups excluding carboxylic acids is 1. The number of aliphatic hydroxyl groups is 1. The first-order valence-electron chi connectivity index (χ1n) is 12.9. The van der Waals surface area contributed by atoms with E-state index in [0.29, 0.717) is 69.3 Å². The standard InChI is InChI=1S/C28H32BrN7O4/c29-21-6-4-5-20(19-21)25(38)30-13-15-39-17-18-40-16-14-31-26-34-27(32-22-7-2-1-3-8-22)36-28(35-26)33-23-9-11-24(37)12-10-23/h1-11,19,24,37H,12-18H2,(H,30,38)(H3,31,32,33,34,35,36). The van der Waals surface area contributed by atoms with Crippen molar-refractivity contribution in [2.24, 2.45) is 0 Å². The third kappa shape index (κ3) is 10.0. The summed E-state index contributed by atoms with van der Waals surface area (Å²) in [5.41, 5.74) is 2.24. The second kappa shape index (κ2) is 15.7. The van der Waals surface area contributed by atoms with Crippen LogP contribution in [0, 0.1) is 0 Å². The van der Waals surface area contributed by atoms with Gasteiger partial charge < -0.3 is 35.8 Å². The highest BCUT2D eigenvalue weighted by Gasteiger charge is 2.10. The van der Waals surface area contributed by atoms with Crippen molar-refractivity contribution in [1.82, 2.24) is 20.3 Å². The summed E-state index contributed by atoms with van der Waals surface area (Å²) in [4.78, 5) is 25.5. The summed E-state index contributed by atoms with van der Waals surface area (Å²) in [6.45, 7) is 2.53. The SMILES string of the molecule is O=C(NCCOCCOCCNc1nc(NC2=CCC(O)C=C2)nc(Nc2ccccc2)n1)c1cccc(Br)c1. The molecule has 1 aliphatic rings. The summed E-state index contributed by atoms with van der Waals surface area (Å²) in [5.74, 6) is 0.992. The number of benzene rings is 2. The van der Waals surface area contributed by atoms with Crippen LogP contribution in [0.25, 0.3) is 0 Å². The molecule has 0 bridgehead atoms. The second-order valence-corrected chi connectivity index (χ2v) is 9.58. The van der Waals surface area contributed by atoms with Gasteiger partial charge in [0.1, 0.15) is 0 Å². The number of nitrogens with one attached hydrogen (secondary N) is 4. The molecular weight excluding hydrogens is 578 g/mol. The van der Waals surface area contributed by atoms with E-state index in [0.717, 1.165) is 15.9 Å². The number of aliphatic hydroxyl groups excluding tert-OH is 1. The van der Waals surface area contributed by atoms with Gasteiger partial charge in [0.05, 0.1) is 32.5 Å². The van der Waals surface area contributed by atoms with Gasteiger partial charge in [0.2, 0.25) is 17.8 Å². The third-order valence-corrected chi connectivity index (χ3v) is 6.01. The molecule has 0 spiro atoms. The number of ether oxygens (including phenoxy) is 2. The molecule has 0 saturated carbocycles. The molecule has 1 aromatic heterocycles. The van der Waals surface area contributed by atoms with Gasteiger partial charge in [0, 0.05) is 34.5 Å². The Bertz CT molecular complexity index is 1310. The number of halogens is 1. The van der Waals surface area contributed by atoms with Gasteiger partial charge in [0.25, 0.3) is 5.91 Å². The highest BCUT2D eigenvalue weighted by molar-refractivity contribution is 9.10. The van der Waals surface area contributed by atoms with E-state index in [9.17, 15) is 9.90 Å². The second-order valence-electron chi connectivity index (χ2n) is 8.66. The maximum absolute atomic E-state index is 12.1. The van der Waals surface area contributed by atoms with E-state index >= 15 is 0 Å². The van der Waals surface area contributed by atoms with Crippen molar-refractivity contribution in [3.05, 3.63) is 88.6 Å². The van der Waals surface area contributed by atoms with E-state index in [1.807, 2.05) is 48.5 Å². The Hall–Kier alpha value is -3.84. The molecule has 1 aliphatic carbocycles. The number of rotatable bonds is 15. The van der Waals surface area contributed by atoms with Crippen LogP contribution in [0.3, 0.4) is 0 Å². The molecule has 12 heteroatoms. The number of para-hydroxylation sites is 1. The molecule has 1 amide bonds. The number of allylic oxidation sites excluding steroid dienone is 1. The van der Waals surface area contributed by atoms with E-state index in [2.05, 4.69) is 52.1 Å². The molecule has 1 atom stereocenters. The largest absolute Gasteiger partial charge is 0.389 e. The Kier molecular flexibility index (Phi) is 11.4. The molecule has 3 aromatic rings. The zero-order chi connectivity index (χ0) is 28.0. The molecule has 4 rings (SSSR count). The first-order valence-corrected chi connectivity index (χ1v) is 13.7. The fraction of sp³-hybridized carbons (Fsp3) is 0.286. The highest BCUT2D eigenvalue weighted by Crippen LogP contribution is 2.18. The van der Waals surface area contributed by atoms with Crippen molar-refractivity contribution in [3.8, 4) is 0 Å². The average molecular weight is 611 g/mol. The predicted molar refractivity (Wildman–Crippen MR) is 158 cm³/mol. The quantitative estimate of drug-likeness (QED) is 0.161. The van der Waals surface area contributed by atoms with E-state index in [-0.39, 0.29) is 5.91 Å². The van der Waals surface area contributed by atoms with Gasteiger partial charge in [-0.15, -0.1) is 0 Å². The number of hydrogen-bond donors (Lipinski definition) is 5. The zero-order valence-corrected chi connectivity index (χ0v) is 23.4. The van der Waals surface area contributed by atoms with E-state index in [1.165, 1.54) is 0 Å². The summed E-state index contributed by atoms with van der Waals surface area (Å²) < 4.78 is 12.0. The molecule has 0 aliphatic heterocycles. The molecule has 5 N–H and O–H groups in total. The van der Waals surface area contributed by atoms with Crippen LogP contribution >= 0.6 is 15.9 Å². The summed E-state index contributed by atoms with van der Waals surface area (Å²) in [5, 5.41) is 22.0. The maximum Gasteiger partial charge on any atom is 0.251 e. The van der Waals surface area contributed by atoms with E-state index < -0.39 is 6.10 Å². The van der Waals surface area contributed by atoms with Crippen LogP contribution in [0.1, 0.15) is 16.8 Å². The minimum Gasteiger partial charge on any atom is -0.389 e. The Morgan fingerprint density at radius 2 is 1.62 bits per heavy atom. The van der Waals surface area contributed by atoms with Crippen LogP contribution in [0.5, 0.6) is 0 Å². The van der Waals surface area contributed by atoms with Crippen LogP contribution in [-0.4, -0.2) is 71.6 Å². The molecule has 1 heterocycles. The van der Waals surface area contributed by atoms with Crippen LogP contribution in [0.2, 0.25) is 0 Å². The molecule has 0 fully saturated rings. The Balaban J connectivity index is 1.17. The number of hydrogen-bond acceptors (Lipinski definition) is 10. The molecule has 40 heavy (non-hydrogen) atoms. The average Bonchev–Trinajstić information content (AvgIpc) is 2.95. The number of anilines is 4. The Morgan fingerprint density at radius 3 is 2.35 bits per heavy atom. The van der Waals surface area contributed by atoms with Gasteiger partial charge in [0.15, 0.2) is 0 Å². The van der Waals surface area contributed by atoms with Crippen LogP contribution in [-0.2, 0) is 9.47 Å². The molecule has 11 nitrogen and oxygen atoms in total. The fourth-order valence-electron chi connectivity index (χ4n) is 3.57. The van der Waals surface area contributed by atoms with Crippen LogP contribution < -0.4 is 21.3 Å². The van der Waals surface area contributed by atoms with Gasteiger partial charge >= 0.3 is 0 Å². The van der Waals surface area contributed by atoms with Gasteiger partial charge in [-0.25, -0.2) is 0 Å². The van der Waals surface area contributed by atoms with Gasteiger partial charge in [-0.3, -0.25) is 4.79 Å². The van der Waals surface area contributed by atoms with Crippen molar-refractivity contribution in [2.45, 2.75) is 12.5 Å². The molecule has 0 radical (unpaired) electrons. The van der Waals surface area contributed by atoms with Gasteiger partial charge in [-0.05, 0) is 42.8 Å². The Morgan fingerprint density at radius 1 is 0.900 bits per heavy atom. The monoisotopic (exact) mass is 609 g/mol. The van der Waals surface area contributed by atoms with Gasteiger partial charge in [-0.1, -0.05) is 52.3 Å². The van der Waals surface area contributed by atoms with E-state index in [4.69, 9.17) is 9.47 Å². The summed E-state index contributed by atoms with van der Waals surface area (Å²) in [6, 6.07) is 16.8. The van der Waals surface area contributed by atoms with Crippen molar-refractivity contribution < 1.29 is 19.4 Å². The van der Waals surface area contributed by atoms with Crippen molar-refractivity contribution in [1.29, 1.82) is 0 Å². The summed E-state index contributed by atoms with van der Waals surface area (Å²) in [6.07, 6.45) is 5.43. The fourth-order valence-corrected chi connectivity index (χ4v) is 3.97. The predicted octanol–water partition coefficient (Wildman–Crippen LogP) is 3.87. The van der Waals surface area contributed by atoms with E-state index in [1.54, 1.807) is 24.3 Å². The lowest BCUT2D eigenvalue weighted by Crippen LogP contribution is -2.27. The molecule has 1 unspecified atom stereocenters. The molecule has 2 aromatic carbocycles. The molecule has 210 valence electrons. The normalized spacial score (nSPS) is 14.3. The van der Waals surface area contributed by atoms with Crippen molar-refractivity contribution in [2.75, 3.05) is 55.5 Å². The Labute approximate surface area is 241 Å². The molecule has 0 saturated heterocycles. The van der Waals surface area contributed by atoms with Crippen molar-refractivity contribution in [3.63, 3.8) is 0 Å².